The van der Waals surface area contributed by atoms with E-state index in [1.54, 1.807) is 31.2 Å². The molecule has 1 atom stereocenters. The summed E-state index contributed by atoms with van der Waals surface area (Å²) in [5, 5.41) is 3.83. The van der Waals surface area contributed by atoms with Crippen molar-refractivity contribution in [2.75, 3.05) is 12.4 Å². The lowest BCUT2D eigenvalue weighted by Crippen LogP contribution is -2.21. The van der Waals surface area contributed by atoms with Crippen molar-refractivity contribution in [2.45, 2.75) is 31.3 Å². The molecule has 1 heterocycles. The number of anilines is 1. The van der Waals surface area contributed by atoms with Gasteiger partial charge in [0.05, 0.1) is 18.2 Å². The molecule has 1 amide bonds. The Morgan fingerprint density at radius 3 is 2.21 bits per heavy atom. The zero-order valence-corrected chi connectivity index (χ0v) is 23.7. The van der Waals surface area contributed by atoms with Gasteiger partial charge < -0.3 is 13.9 Å². The first kappa shape index (κ1) is 27.5. The second kappa shape index (κ2) is 11.0. The van der Waals surface area contributed by atoms with Gasteiger partial charge in [-0.25, -0.2) is 9.18 Å². The fourth-order valence-corrected chi connectivity index (χ4v) is 5.57. The topological polar surface area (TPSA) is 77.8 Å². The molecule has 4 aromatic carbocycles. The van der Waals surface area contributed by atoms with Crippen LogP contribution in [0.3, 0.4) is 0 Å². The normalized spacial score (nSPS) is 14.3. The Labute approximate surface area is 247 Å². The molecule has 0 spiro atoms. The molecule has 1 aromatic heterocycles. The number of benzene rings is 4. The number of hydrogen-bond donors (Lipinski definition) is 1. The number of esters is 1. The lowest BCUT2D eigenvalue weighted by Gasteiger charge is -2.15. The van der Waals surface area contributed by atoms with Gasteiger partial charge in [-0.1, -0.05) is 78.3 Å². The zero-order chi connectivity index (χ0) is 29.4. The number of furan rings is 1. The Balaban J connectivity index is 1.26. The van der Waals surface area contributed by atoms with Crippen LogP contribution < -0.4 is 5.32 Å². The molecule has 1 fully saturated rings. The minimum atomic E-state index is -0.701. The number of fused-ring (bicyclic) bond motifs is 1. The first-order valence-corrected chi connectivity index (χ1v) is 13.9. The fourth-order valence-electron chi connectivity index (χ4n) is 5.28. The highest BCUT2D eigenvalue weighted by atomic mass is 35.5. The summed E-state index contributed by atoms with van der Waals surface area (Å²) in [4.78, 5) is 25.2. The summed E-state index contributed by atoms with van der Waals surface area (Å²) >= 11 is 6.27. The summed E-state index contributed by atoms with van der Waals surface area (Å²) in [6.45, 7) is 1.73. The summed E-state index contributed by atoms with van der Waals surface area (Å²) < 4.78 is 30.7. The Morgan fingerprint density at radius 1 is 0.929 bits per heavy atom. The van der Waals surface area contributed by atoms with E-state index in [9.17, 15) is 14.0 Å². The van der Waals surface area contributed by atoms with Crippen LogP contribution in [-0.4, -0.2) is 19.2 Å². The highest BCUT2D eigenvalue weighted by Gasteiger charge is 2.52. The van der Waals surface area contributed by atoms with Gasteiger partial charge in [-0.15, -0.1) is 0 Å². The Bertz CT molecular complexity index is 1790. The molecule has 8 heteroatoms. The molecular weight excluding hydrogens is 557 g/mol. The number of amides is 1. The number of halogens is 2. The van der Waals surface area contributed by atoms with E-state index in [1.807, 2.05) is 54.6 Å². The van der Waals surface area contributed by atoms with Gasteiger partial charge in [0.2, 0.25) is 0 Å². The lowest BCUT2D eigenvalue weighted by molar-refractivity contribution is -0.143. The maximum Gasteiger partial charge on any atom is 0.412 e. The van der Waals surface area contributed by atoms with Gasteiger partial charge in [0, 0.05) is 27.6 Å². The second-order valence-corrected chi connectivity index (χ2v) is 10.8. The van der Waals surface area contributed by atoms with Crippen molar-refractivity contribution in [1.29, 1.82) is 0 Å². The third kappa shape index (κ3) is 5.12. The average Bonchev–Trinajstić information content (AvgIpc) is 3.74. The van der Waals surface area contributed by atoms with E-state index >= 15 is 0 Å². The molecule has 1 N–H and O–H groups in total. The van der Waals surface area contributed by atoms with Crippen LogP contribution in [0.25, 0.3) is 33.4 Å². The van der Waals surface area contributed by atoms with E-state index in [4.69, 9.17) is 25.5 Å². The largest absolute Gasteiger partial charge is 0.468 e. The average molecular weight is 584 g/mol. The van der Waals surface area contributed by atoms with Crippen molar-refractivity contribution in [1.82, 2.24) is 0 Å². The molecule has 0 saturated heterocycles. The molecule has 1 aliphatic rings. The molecule has 6 rings (SSSR count). The van der Waals surface area contributed by atoms with Crippen LogP contribution in [0.4, 0.5) is 14.9 Å². The minimum absolute atomic E-state index is 0.197. The van der Waals surface area contributed by atoms with Gasteiger partial charge >= 0.3 is 12.1 Å². The molecule has 0 radical (unpaired) electrons. The monoisotopic (exact) mass is 583 g/mol. The lowest BCUT2D eigenvalue weighted by atomic mass is 9.93. The summed E-state index contributed by atoms with van der Waals surface area (Å²) in [6, 6.07) is 26.8. The smallest absolute Gasteiger partial charge is 0.412 e. The van der Waals surface area contributed by atoms with Gasteiger partial charge in [-0.05, 0) is 54.7 Å². The van der Waals surface area contributed by atoms with E-state index in [-0.39, 0.29) is 5.97 Å². The van der Waals surface area contributed by atoms with Crippen molar-refractivity contribution < 1.29 is 27.9 Å². The SMILES string of the molecule is COC(=O)C1(c2ccc(-c3ccc(-c4oc5cc(F)ccc5c4NC(=O)OC(C)c4ccccc4Cl)cc3)cc2)CC1. The quantitative estimate of drug-likeness (QED) is 0.193. The number of carbonyl (C=O) groups is 2. The molecule has 1 saturated carbocycles. The van der Waals surface area contributed by atoms with Crippen LogP contribution >= 0.6 is 11.6 Å². The first-order valence-electron chi connectivity index (χ1n) is 13.5. The fraction of sp³-hybridized carbons (Fsp3) is 0.176. The van der Waals surface area contributed by atoms with Gasteiger partial charge in [-0.2, -0.15) is 0 Å². The first-order chi connectivity index (χ1) is 20.3. The van der Waals surface area contributed by atoms with Crippen LogP contribution in [0.15, 0.2) is 95.4 Å². The Hall–Kier alpha value is -4.62. The predicted octanol–water partition coefficient (Wildman–Crippen LogP) is 9.07. The van der Waals surface area contributed by atoms with E-state index in [1.165, 1.54) is 19.2 Å². The van der Waals surface area contributed by atoms with Gasteiger partial charge in [0.15, 0.2) is 5.76 Å². The molecule has 0 aliphatic heterocycles. The van der Waals surface area contributed by atoms with Crippen molar-refractivity contribution >= 4 is 40.3 Å². The number of rotatable bonds is 7. The molecule has 212 valence electrons. The number of ether oxygens (including phenoxy) is 2. The van der Waals surface area contributed by atoms with Crippen molar-refractivity contribution in [3.8, 4) is 22.5 Å². The molecule has 0 bridgehead atoms. The van der Waals surface area contributed by atoms with Crippen LogP contribution in [-0.2, 0) is 19.7 Å². The van der Waals surface area contributed by atoms with Crippen LogP contribution in [0.2, 0.25) is 5.02 Å². The highest BCUT2D eigenvalue weighted by Crippen LogP contribution is 2.49. The van der Waals surface area contributed by atoms with E-state index < -0.39 is 23.4 Å². The summed E-state index contributed by atoms with van der Waals surface area (Å²) in [5.41, 5.74) is 4.39. The second-order valence-electron chi connectivity index (χ2n) is 10.4. The van der Waals surface area contributed by atoms with Gasteiger partial charge in [0.1, 0.15) is 17.5 Å². The summed E-state index contributed by atoms with van der Waals surface area (Å²) in [5.74, 6) is -0.284. The van der Waals surface area contributed by atoms with Gasteiger partial charge in [-0.3, -0.25) is 10.1 Å². The van der Waals surface area contributed by atoms with Crippen molar-refractivity contribution in [3.05, 3.63) is 113 Å². The number of carbonyl (C=O) groups excluding carboxylic acids is 2. The third-order valence-electron chi connectivity index (χ3n) is 7.75. The standard InChI is InChI=1S/C34H27ClFNO5/c1-20(26-5-3-4-6-28(26)35)41-33(39)37-30-27-16-15-25(36)19-29(27)42-31(30)23-9-7-21(8-10-23)22-11-13-24(14-12-22)34(17-18-34)32(38)40-2/h3-16,19-20H,17-18H2,1-2H3,(H,37,39). The summed E-state index contributed by atoms with van der Waals surface area (Å²) in [7, 11) is 1.42. The molecular formula is C34H27ClFNO5. The van der Waals surface area contributed by atoms with Crippen LogP contribution in [0.5, 0.6) is 0 Å². The molecule has 1 aliphatic carbocycles. The Kier molecular flexibility index (Phi) is 7.21. The molecule has 42 heavy (non-hydrogen) atoms. The zero-order valence-electron chi connectivity index (χ0n) is 22.9. The molecule has 6 nitrogen and oxygen atoms in total. The molecule has 5 aromatic rings. The highest BCUT2D eigenvalue weighted by molar-refractivity contribution is 6.31. The minimum Gasteiger partial charge on any atom is -0.468 e. The van der Waals surface area contributed by atoms with Crippen LogP contribution in [0.1, 0.15) is 37.0 Å². The summed E-state index contributed by atoms with van der Waals surface area (Å²) in [6.07, 6.45) is 0.272. The van der Waals surface area contributed by atoms with E-state index in [0.29, 0.717) is 38.6 Å². The third-order valence-corrected chi connectivity index (χ3v) is 8.09. The van der Waals surface area contributed by atoms with Crippen LogP contribution in [0, 0.1) is 5.82 Å². The van der Waals surface area contributed by atoms with Crippen molar-refractivity contribution in [3.63, 3.8) is 0 Å². The van der Waals surface area contributed by atoms with Gasteiger partial charge in [0.25, 0.3) is 0 Å². The number of methoxy groups -OCH3 is 1. The number of hydrogen-bond acceptors (Lipinski definition) is 5. The Morgan fingerprint density at radius 2 is 1.57 bits per heavy atom. The maximum atomic E-state index is 14.0. The maximum absolute atomic E-state index is 14.0. The number of nitrogens with one attached hydrogen (secondary N) is 1. The van der Waals surface area contributed by atoms with Crippen molar-refractivity contribution in [2.24, 2.45) is 0 Å². The molecule has 1 unspecified atom stereocenters. The predicted molar refractivity (Wildman–Crippen MR) is 160 cm³/mol. The van der Waals surface area contributed by atoms with E-state index in [0.717, 1.165) is 29.5 Å². The van der Waals surface area contributed by atoms with E-state index in [2.05, 4.69) is 5.32 Å².